The first-order valence-electron chi connectivity index (χ1n) is 5.47. The molecule has 88 valence electrons. The molecule has 0 aliphatic carbocycles. The summed E-state index contributed by atoms with van der Waals surface area (Å²) >= 11 is 0. The van der Waals surface area contributed by atoms with Crippen molar-refractivity contribution in [2.75, 3.05) is 6.61 Å². The summed E-state index contributed by atoms with van der Waals surface area (Å²) in [6, 6.07) is 4.92. The Bertz CT molecular complexity index is 369. The van der Waals surface area contributed by atoms with E-state index in [1.54, 1.807) is 18.2 Å². The third kappa shape index (κ3) is 3.57. The standard InChI is InChI=1S/C13H18O3/c1-9(2)6-7-16-13(15)11-5-4-10(3)8-12(11)14/h4-5,8-9,14H,6-7H2,1-3H3. The predicted octanol–water partition coefficient (Wildman–Crippen LogP) is 2.90. The molecule has 0 unspecified atom stereocenters. The molecule has 0 bridgehead atoms. The Kier molecular flexibility index (Phi) is 4.35. The number of rotatable bonds is 4. The highest BCUT2D eigenvalue weighted by Crippen LogP contribution is 2.19. The minimum atomic E-state index is -0.460. The number of aromatic hydroxyl groups is 1. The van der Waals surface area contributed by atoms with E-state index < -0.39 is 5.97 Å². The molecular formula is C13H18O3. The fraction of sp³-hybridized carbons (Fsp3) is 0.462. The molecular weight excluding hydrogens is 204 g/mol. The van der Waals surface area contributed by atoms with Crippen molar-refractivity contribution in [3.8, 4) is 5.75 Å². The minimum Gasteiger partial charge on any atom is -0.507 e. The third-order valence-electron chi connectivity index (χ3n) is 2.30. The van der Waals surface area contributed by atoms with Crippen molar-refractivity contribution in [2.24, 2.45) is 5.92 Å². The molecule has 0 aliphatic rings. The lowest BCUT2D eigenvalue weighted by Crippen LogP contribution is -2.08. The molecule has 0 saturated carbocycles. The number of hydrogen-bond donors (Lipinski definition) is 1. The predicted molar refractivity (Wildman–Crippen MR) is 62.6 cm³/mol. The molecule has 1 aromatic rings. The maximum atomic E-state index is 11.6. The largest absolute Gasteiger partial charge is 0.507 e. The molecule has 0 spiro atoms. The summed E-state index contributed by atoms with van der Waals surface area (Å²) in [5.41, 5.74) is 1.14. The summed E-state index contributed by atoms with van der Waals surface area (Å²) in [5, 5.41) is 9.57. The highest BCUT2D eigenvalue weighted by molar-refractivity contribution is 5.92. The zero-order valence-corrected chi connectivity index (χ0v) is 9.99. The number of phenols is 1. The number of hydrogen-bond acceptors (Lipinski definition) is 3. The van der Waals surface area contributed by atoms with E-state index in [0.29, 0.717) is 12.5 Å². The third-order valence-corrected chi connectivity index (χ3v) is 2.30. The fourth-order valence-electron chi connectivity index (χ4n) is 1.28. The molecule has 0 aromatic heterocycles. The molecule has 0 amide bonds. The number of ether oxygens (including phenoxy) is 1. The van der Waals surface area contributed by atoms with Crippen LogP contribution in [0.4, 0.5) is 0 Å². The molecule has 0 fully saturated rings. The van der Waals surface area contributed by atoms with Gasteiger partial charge >= 0.3 is 5.97 Å². The highest BCUT2D eigenvalue weighted by Gasteiger charge is 2.12. The van der Waals surface area contributed by atoms with Gasteiger partial charge in [-0.25, -0.2) is 4.79 Å². The van der Waals surface area contributed by atoms with Gasteiger partial charge in [-0.2, -0.15) is 0 Å². The number of carbonyl (C=O) groups is 1. The van der Waals surface area contributed by atoms with Gasteiger partial charge in [0.1, 0.15) is 11.3 Å². The van der Waals surface area contributed by atoms with E-state index in [1.165, 1.54) is 0 Å². The summed E-state index contributed by atoms with van der Waals surface area (Å²) < 4.78 is 5.06. The van der Waals surface area contributed by atoms with E-state index in [4.69, 9.17) is 4.74 Å². The van der Waals surface area contributed by atoms with Crippen molar-refractivity contribution in [2.45, 2.75) is 27.2 Å². The van der Waals surface area contributed by atoms with Crippen molar-refractivity contribution >= 4 is 5.97 Å². The van der Waals surface area contributed by atoms with Gasteiger partial charge in [-0.3, -0.25) is 0 Å². The second-order valence-corrected chi connectivity index (χ2v) is 4.34. The number of benzene rings is 1. The summed E-state index contributed by atoms with van der Waals surface area (Å²) in [5.74, 6) is 0.0205. The van der Waals surface area contributed by atoms with Gasteiger partial charge in [0.05, 0.1) is 6.61 Å². The lowest BCUT2D eigenvalue weighted by molar-refractivity contribution is 0.0485. The van der Waals surface area contributed by atoms with Gasteiger partial charge in [-0.1, -0.05) is 19.9 Å². The average Bonchev–Trinajstić information content (AvgIpc) is 2.16. The van der Waals surface area contributed by atoms with Crippen LogP contribution in [0, 0.1) is 12.8 Å². The molecule has 0 saturated heterocycles. The van der Waals surface area contributed by atoms with Crippen LogP contribution in [-0.2, 0) is 4.74 Å². The second-order valence-electron chi connectivity index (χ2n) is 4.34. The lowest BCUT2D eigenvalue weighted by atomic mass is 10.1. The lowest BCUT2D eigenvalue weighted by Gasteiger charge is -2.08. The smallest absolute Gasteiger partial charge is 0.341 e. The number of esters is 1. The van der Waals surface area contributed by atoms with E-state index in [9.17, 15) is 9.90 Å². The van der Waals surface area contributed by atoms with Gasteiger partial charge in [0.2, 0.25) is 0 Å². The van der Waals surface area contributed by atoms with Crippen LogP contribution in [0.2, 0.25) is 0 Å². The first-order chi connectivity index (χ1) is 7.50. The topological polar surface area (TPSA) is 46.5 Å². The van der Waals surface area contributed by atoms with E-state index in [0.717, 1.165) is 12.0 Å². The van der Waals surface area contributed by atoms with Crippen molar-refractivity contribution < 1.29 is 14.6 Å². The molecule has 0 aliphatic heterocycles. The van der Waals surface area contributed by atoms with Gasteiger partial charge in [0.15, 0.2) is 0 Å². The maximum Gasteiger partial charge on any atom is 0.341 e. The summed E-state index contributed by atoms with van der Waals surface area (Å²) in [4.78, 5) is 11.6. The molecule has 1 aromatic carbocycles. The molecule has 3 heteroatoms. The maximum absolute atomic E-state index is 11.6. The van der Waals surface area contributed by atoms with Crippen LogP contribution in [0.15, 0.2) is 18.2 Å². The van der Waals surface area contributed by atoms with Gasteiger partial charge < -0.3 is 9.84 Å². The molecule has 1 N–H and O–H groups in total. The van der Waals surface area contributed by atoms with Crippen LogP contribution in [0.1, 0.15) is 36.2 Å². The Hall–Kier alpha value is -1.51. The minimum absolute atomic E-state index is 0.0189. The quantitative estimate of drug-likeness (QED) is 0.797. The molecule has 16 heavy (non-hydrogen) atoms. The van der Waals surface area contributed by atoms with E-state index in [1.807, 2.05) is 6.92 Å². The van der Waals surface area contributed by atoms with Gasteiger partial charge in [-0.15, -0.1) is 0 Å². The van der Waals surface area contributed by atoms with Crippen molar-refractivity contribution in [3.05, 3.63) is 29.3 Å². The Balaban J connectivity index is 2.59. The Morgan fingerprint density at radius 3 is 2.69 bits per heavy atom. The SMILES string of the molecule is Cc1ccc(C(=O)OCCC(C)C)c(O)c1. The van der Waals surface area contributed by atoms with Crippen LogP contribution in [-0.4, -0.2) is 17.7 Å². The van der Waals surface area contributed by atoms with Crippen molar-refractivity contribution in [3.63, 3.8) is 0 Å². The van der Waals surface area contributed by atoms with Crippen LogP contribution < -0.4 is 0 Å². The van der Waals surface area contributed by atoms with Crippen molar-refractivity contribution in [1.29, 1.82) is 0 Å². The van der Waals surface area contributed by atoms with Gasteiger partial charge in [0, 0.05) is 0 Å². The molecule has 0 atom stereocenters. The van der Waals surface area contributed by atoms with E-state index >= 15 is 0 Å². The zero-order chi connectivity index (χ0) is 12.1. The molecule has 0 radical (unpaired) electrons. The average molecular weight is 222 g/mol. The summed E-state index contributed by atoms with van der Waals surface area (Å²) in [6.45, 7) is 6.38. The number of phenolic OH excluding ortho intramolecular Hbond substituents is 1. The summed E-state index contributed by atoms with van der Waals surface area (Å²) in [6.07, 6.45) is 0.832. The van der Waals surface area contributed by atoms with E-state index in [-0.39, 0.29) is 11.3 Å². The molecule has 0 heterocycles. The fourth-order valence-corrected chi connectivity index (χ4v) is 1.28. The Morgan fingerprint density at radius 2 is 2.12 bits per heavy atom. The first-order valence-corrected chi connectivity index (χ1v) is 5.47. The van der Waals surface area contributed by atoms with E-state index in [2.05, 4.69) is 13.8 Å². The van der Waals surface area contributed by atoms with Gasteiger partial charge in [-0.05, 0) is 37.0 Å². The van der Waals surface area contributed by atoms with Gasteiger partial charge in [0.25, 0.3) is 0 Å². The number of carbonyl (C=O) groups excluding carboxylic acids is 1. The Labute approximate surface area is 96.1 Å². The van der Waals surface area contributed by atoms with Crippen LogP contribution in [0.3, 0.4) is 0 Å². The first kappa shape index (κ1) is 12.6. The van der Waals surface area contributed by atoms with Crippen LogP contribution in [0.5, 0.6) is 5.75 Å². The molecule has 1 rings (SSSR count). The normalized spacial score (nSPS) is 10.5. The zero-order valence-electron chi connectivity index (χ0n) is 9.99. The molecule has 3 nitrogen and oxygen atoms in total. The van der Waals surface area contributed by atoms with Crippen molar-refractivity contribution in [1.82, 2.24) is 0 Å². The van der Waals surface area contributed by atoms with Crippen LogP contribution in [0.25, 0.3) is 0 Å². The second kappa shape index (κ2) is 5.54. The van der Waals surface area contributed by atoms with Crippen LogP contribution >= 0.6 is 0 Å². The summed E-state index contributed by atoms with van der Waals surface area (Å²) in [7, 11) is 0. The number of aryl methyl sites for hydroxylation is 1. The Morgan fingerprint density at radius 1 is 1.44 bits per heavy atom. The highest BCUT2D eigenvalue weighted by atomic mass is 16.5. The monoisotopic (exact) mass is 222 g/mol.